The molecular formula is C19H17F2N3O2S. The Kier molecular flexibility index (Phi) is 4.75. The molecule has 0 aliphatic carbocycles. The van der Waals surface area contributed by atoms with Crippen molar-refractivity contribution in [3.05, 3.63) is 59.8 Å². The third kappa shape index (κ3) is 3.77. The molecule has 1 saturated heterocycles. The molecule has 5 nitrogen and oxygen atoms in total. The van der Waals surface area contributed by atoms with Crippen molar-refractivity contribution in [2.24, 2.45) is 0 Å². The summed E-state index contributed by atoms with van der Waals surface area (Å²) in [6.07, 6.45) is 0. The number of benzene rings is 2. The van der Waals surface area contributed by atoms with E-state index in [9.17, 15) is 13.6 Å². The Balaban J connectivity index is 1.52. The van der Waals surface area contributed by atoms with Crippen LogP contribution in [0.25, 0.3) is 10.1 Å². The van der Waals surface area contributed by atoms with E-state index in [1.165, 1.54) is 0 Å². The number of hydrogen-bond donors (Lipinski definition) is 2. The summed E-state index contributed by atoms with van der Waals surface area (Å²) in [5.74, 6) is -2.98. The lowest BCUT2D eigenvalue weighted by atomic mass is 10.1. The van der Waals surface area contributed by atoms with Gasteiger partial charge in [0, 0.05) is 11.9 Å². The van der Waals surface area contributed by atoms with Gasteiger partial charge in [0.15, 0.2) is 0 Å². The second-order valence-electron chi connectivity index (χ2n) is 6.38. The van der Waals surface area contributed by atoms with Crippen molar-refractivity contribution in [3.8, 4) is 5.75 Å². The summed E-state index contributed by atoms with van der Waals surface area (Å²) in [6.45, 7) is -0.00904. The van der Waals surface area contributed by atoms with E-state index in [1.54, 1.807) is 12.1 Å². The average Bonchev–Trinajstić information content (AvgIpc) is 3.23. The molecular weight excluding hydrogens is 372 g/mol. The van der Waals surface area contributed by atoms with Gasteiger partial charge in [-0.3, -0.25) is 4.79 Å². The topological polar surface area (TPSA) is 63.2 Å². The maximum atomic E-state index is 13.7. The number of nitrogens with zero attached hydrogens (tertiary/aromatic N) is 1. The van der Waals surface area contributed by atoms with Crippen molar-refractivity contribution < 1.29 is 18.3 Å². The highest BCUT2D eigenvalue weighted by Crippen LogP contribution is 2.28. The van der Waals surface area contributed by atoms with Crippen LogP contribution < -0.4 is 15.4 Å². The van der Waals surface area contributed by atoms with E-state index < -0.39 is 24.4 Å². The number of nitrogens with one attached hydrogen (secondary N) is 2. The number of aromatic nitrogens is 1. The summed E-state index contributed by atoms with van der Waals surface area (Å²) in [4.78, 5) is 12.5. The maximum Gasteiger partial charge on any atom is 0.281 e. The zero-order valence-corrected chi connectivity index (χ0v) is 15.1. The van der Waals surface area contributed by atoms with E-state index in [-0.39, 0.29) is 12.2 Å². The van der Waals surface area contributed by atoms with Crippen LogP contribution in [0.4, 0.5) is 8.78 Å². The van der Waals surface area contributed by atoms with Crippen LogP contribution in [0, 0.1) is 0 Å². The minimum absolute atomic E-state index is 0.0340. The first kappa shape index (κ1) is 17.8. The smallest absolute Gasteiger partial charge is 0.281 e. The van der Waals surface area contributed by atoms with Gasteiger partial charge in [0.25, 0.3) is 11.8 Å². The van der Waals surface area contributed by atoms with Crippen molar-refractivity contribution in [3.63, 3.8) is 0 Å². The molecule has 1 unspecified atom stereocenters. The summed E-state index contributed by atoms with van der Waals surface area (Å²) >= 11 is 1.15. The molecule has 1 aliphatic rings. The fourth-order valence-corrected chi connectivity index (χ4v) is 3.70. The monoisotopic (exact) mass is 389 g/mol. The Morgan fingerprint density at radius 2 is 2.11 bits per heavy atom. The van der Waals surface area contributed by atoms with Gasteiger partial charge in [-0.25, -0.2) is 8.78 Å². The second-order valence-corrected chi connectivity index (χ2v) is 7.19. The molecule has 3 aromatic rings. The van der Waals surface area contributed by atoms with Crippen molar-refractivity contribution >= 4 is 27.5 Å². The number of hydrogen-bond acceptors (Lipinski definition) is 5. The third-order valence-corrected chi connectivity index (χ3v) is 5.26. The third-order valence-electron chi connectivity index (χ3n) is 4.43. The molecule has 0 radical (unpaired) electrons. The molecule has 0 bridgehead atoms. The number of carbonyl (C=O) groups is 1. The number of carbonyl (C=O) groups excluding carboxylic acids is 1. The van der Waals surface area contributed by atoms with E-state index in [2.05, 4.69) is 15.0 Å². The Labute approximate surface area is 158 Å². The van der Waals surface area contributed by atoms with Gasteiger partial charge < -0.3 is 15.4 Å². The minimum Gasteiger partial charge on any atom is -0.489 e. The molecule has 1 aliphatic heterocycles. The molecule has 0 spiro atoms. The molecule has 2 N–H and O–H groups in total. The summed E-state index contributed by atoms with van der Waals surface area (Å²) in [5, 5.41) is 5.58. The fourth-order valence-electron chi connectivity index (χ4n) is 2.95. The molecule has 140 valence electrons. The van der Waals surface area contributed by atoms with Crippen molar-refractivity contribution in [1.82, 2.24) is 15.0 Å². The Bertz CT molecular complexity index is 962. The molecule has 4 rings (SSSR count). The first-order valence-corrected chi connectivity index (χ1v) is 9.26. The number of ether oxygens (including phenoxy) is 1. The zero-order valence-electron chi connectivity index (χ0n) is 14.2. The number of alkyl halides is 2. The second kappa shape index (κ2) is 7.21. The van der Waals surface area contributed by atoms with Gasteiger partial charge in [-0.15, -0.1) is 0 Å². The van der Waals surface area contributed by atoms with Gasteiger partial charge in [-0.05, 0) is 35.3 Å². The molecule has 8 heteroatoms. The molecule has 0 saturated carbocycles. The standard InChI is InChI=1S/C19H17F2N3O2S/c20-19(21)11-22-9-16(19)23-18(25)17-14-8-13(6-7-15(14)27-24-17)26-10-12-4-2-1-3-5-12/h1-8,16,22H,9-11H2,(H,23,25). The predicted molar refractivity (Wildman–Crippen MR) is 99.5 cm³/mol. The van der Waals surface area contributed by atoms with Crippen LogP contribution in [0.2, 0.25) is 0 Å². The summed E-state index contributed by atoms with van der Waals surface area (Å²) < 4.78 is 38.2. The van der Waals surface area contributed by atoms with Gasteiger partial charge in [0.2, 0.25) is 0 Å². The summed E-state index contributed by atoms with van der Waals surface area (Å²) in [7, 11) is 0. The lowest BCUT2D eigenvalue weighted by molar-refractivity contribution is -0.00249. The van der Waals surface area contributed by atoms with Gasteiger partial charge >= 0.3 is 0 Å². The average molecular weight is 389 g/mol. The lowest BCUT2D eigenvalue weighted by Gasteiger charge is -2.18. The molecule has 2 aromatic carbocycles. The molecule has 1 amide bonds. The van der Waals surface area contributed by atoms with Gasteiger partial charge in [0.05, 0.1) is 11.2 Å². The van der Waals surface area contributed by atoms with Crippen molar-refractivity contribution in [2.75, 3.05) is 13.1 Å². The summed E-state index contributed by atoms with van der Waals surface area (Å²) in [5.41, 5.74) is 1.16. The highest BCUT2D eigenvalue weighted by molar-refractivity contribution is 7.13. The first-order valence-electron chi connectivity index (χ1n) is 8.48. The molecule has 27 heavy (non-hydrogen) atoms. The number of amides is 1. The van der Waals surface area contributed by atoms with Crippen LogP contribution in [-0.2, 0) is 6.61 Å². The van der Waals surface area contributed by atoms with Crippen molar-refractivity contribution in [1.29, 1.82) is 0 Å². The predicted octanol–water partition coefficient (Wildman–Crippen LogP) is 3.21. The van der Waals surface area contributed by atoms with Crippen LogP contribution >= 0.6 is 11.5 Å². The van der Waals surface area contributed by atoms with Crippen LogP contribution in [0.5, 0.6) is 5.75 Å². The van der Waals surface area contributed by atoms with Gasteiger partial charge in [-0.2, -0.15) is 4.37 Å². The Hall–Kier alpha value is -2.58. The number of rotatable bonds is 5. The van der Waals surface area contributed by atoms with E-state index in [0.29, 0.717) is 17.7 Å². The van der Waals surface area contributed by atoms with E-state index in [4.69, 9.17) is 4.74 Å². The van der Waals surface area contributed by atoms with Crippen LogP contribution in [0.3, 0.4) is 0 Å². The maximum absolute atomic E-state index is 13.7. The highest BCUT2D eigenvalue weighted by Gasteiger charge is 2.45. The molecule has 1 fully saturated rings. The number of fused-ring (bicyclic) bond motifs is 1. The van der Waals surface area contributed by atoms with Crippen molar-refractivity contribution in [2.45, 2.75) is 18.6 Å². The van der Waals surface area contributed by atoms with E-state index in [1.807, 2.05) is 36.4 Å². The Morgan fingerprint density at radius 3 is 2.85 bits per heavy atom. The summed E-state index contributed by atoms with van der Waals surface area (Å²) in [6, 6.07) is 13.8. The SMILES string of the molecule is O=C(NC1CNCC1(F)F)c1nsc2ccc(OCc3ccccc3)cc12. The van der Waals surface area contributed by atoms with Crippen LogP contribution in [-0.4, -0.2) is 35.3 Å². The normalized spacial score (nSPS) is 18.5. The quantitative estimate of drug-likeness (QED) is 0.703. The minimum atomic E-state index is -2.97. The van der Waals surface area contributed by atoms with Crippen LogP contribution in [0.15, 0.2) is 48.5 Å². The van der Waals surface area contributed by atoms with E-state index in [0.717, 1.165) is 21.8 Å². The molecule has 2 heterocycles. The number of halogens is 2. The largest absolute Gasteiger partial charge is 0.489 e. The van der Waals surface area contributed by atoms with E-state index >= 15 is 0 Å². The van der Waals surface area contributed by atoms with Gasteiger partial charge in [0.1, 0.15) is 24.1 Å². The van der Waals surface area contributed by atoms with Gasteiger partial charge in [-0.1, -0.05) is 30.3 Å². The molecule has 1 aromatic heterocycles. The molecule has 1 atom stereocenters. The van der Waals surface area contributed by atoms with Crippen LogP contribution in [0.1, 0.15) is 16.1 Å². The first-order chi connectivity index (χ1) is 13.0. The fraction of sp³-hybridized carbons (Fsp3) is 0.263. The zero-order chi connectivity index (χ0) is 18.9. The Morgan fingerprint density at radius 1 is 1.30 bits per heavy atom. The lowest BCUT2D eigenvalue weighted by Crippen LogP contribution is -2.46. The highest BCUT2D eigenvalue weighted by atomic mass is 32.1.